The third kappa shape index (κ3) is 5.47. The van der Waals surface area contributed by atoms with Crippen molar-refractivity contribution in [2.45, 2.75) is 18.6 Å². The predicted molar refractivity (Wildman–Crippen MR) is 108 cm³/mol. The molecular formula is C23H19F3N2O2. The molecule has 0 aliphatic carbocycles. The van der Waals surface area contributed by atoms with Crippen LogP contribution in [0.15, 0.2) is 84.9 Å². The molecule has 0 bridgehead atoms. The molecular weight excluding hydrogens is 393 g/mol. The Morgan fingerprint density at radius 2 is 1.27 bits per heavy atom. The summed E-state index contributed by atoms with van der Waals surface area (Å²) in [5, 5.41) is 4.66. The van der Waals surface area contributed by atoms with E-state index in [0.29, 0.717) is 11.3 Å². The van der Waals surface area contributed by atoms with E-state index in [-0.39, 0.29) is 12.5 Å². The molecule has 7 heteroatoms. The van der Waals surface area contributed by atoms with E-state index in [2.05, 4.69) is 5.32 Å². The average Bonchev–Trinajstić information content (AvgIpc) is 2.74. The van der Waals surface area contributed by atoms with Gasteiger partial charge >= 0.3 is 12.1 Å². The van der Waals surface area contributed by atoms with Gasteiger partial charge in [-0.1, -0.05) is 72.8 Å². The molecule has 0 saturated heterocycles. The highest BCUT2D eigenvalue weighted by Crippen LogP contribution is 2.26. The topological polar surface area (TPSA) is 58.2 Å². The summed E-state index contributed by atoms with van der Waals surface area (Å²) in [6, 6.07) is 25.0. The van der Waals surface area contributed by atoms with E-state index < -0.39 is 18.0 Å². The van der Waals surface area contributed by atoms with Gasteiger partial charge in [0.2, 0.25) is 5.91 Å². The quantitative estimate of drug-likeness (QED) is 0.620. The summed E-state index contributed by atoms with van der Waals surface area (Å²) in [4.78, 5) is 23.9. The molecule has 0 spiro atoms. The lowest BCUT2D eigenvalue weighted by molar-refractivity contribution is -0.173. The van der Waals surface area contributed by atoms with Crippen LogP contribution in [0, 0.1) is 0 Å². The standard InChI is InChI=1S/C23H19F3N2O2/c24-23(25,26)22(30)27-15-16-11-13-19(14-12-16)28-21(29)20(17-7-3-1-4-8-17)18-9-5-2-6-10-18/h1-14,20H,15H2,(H,27,30)(H,28,29). The van der Waals surface area contributed by atoms with Crippen LogP contribution < -0.4 is 10.6 Å². The molecule has 3 aromatic carbocycles. The van der Waals surface area contributed by atoms with Gasteiger partial charge in [-0.25, -0.2) is 0 Å². The molecule has 0 aromatic heterocycles. The van der Waals surface area contributed by atoms with E-state index in [9.17, 15) is 22.8 Å². The van der Waals surface area contributed by atoms with Crippen LogP contribution in [0.3, 0.4) is 0 Å². The molecule has 30 heavy (non-hydrogen) atoms. The van der Waals surface area contributed by atoms with Crippen LogP contribution in [0.4, 0.5) is 18.9 Å². The van der Waals surface area contributed by atoms with Gasteiger partial charge in [-0.15, -0.1) is 0 Å². The molecule has 2 amide bonds. The molecule has 3 rings (SSSR count). The molecule has 0 fully saturated rings. The summed E-state index contributed by atoms with van der Waals surface area (Å²) < 4.78 is 36.8. The van der Waals surface area contributed by atoms with Gasteiger partial charge in [-0.2, -0.15) is 13.2 Å². The molecule has 0 atom stereocenters. The summed E-state index contributed by atoms with van der Waals surface area (Å²) in [7, 11) is 0. The highest BCUT2D eigenvalue weighted by Gasteiger charge is 2.38. The number of hydrogen-bond donors (Lipinski definition) is 2. The maximum atomic E-state index is 13.0. The number of carbonyl (C=O) groups is 2. The summed E-state index contributed by atoms with van der Waals surface area (Å²) >= 11 is 0. The molecule has 0 heterocycles. The average molecular weight is 412 g/mol. The van der Waals surface area contributed by atoms with Crippen molar-refractivity contribution in [3.63, 3.8) is 0 Å². The van der Waals surface area contributed by atoms with Gasteiger partial charge in [0, 0.05) is 12.2 Å². The fourth-order valence-electron chi connectivity index (χ4n) is 2.99. The van der Waals surface area contributed by atoms with E-state index in [1.165, 1.54) is 0 Å². The minimum Gasteiger partial charge on any atom is -0.344 e. The summed E-state index contributed by atoms with van der Waals surface area (Å²) in [5.74, 6) is -2.74. The molecule has 0 radical (unpaired) electrons. The van der Waals surface area contributed by atoms with Crippen molar-refractivity contribution in [1.29, 1.82) is 0 Å². The monoisotopic (exact) mass is 412 g/mol. The van der Waals surface area contributed by atoms with Crippen LogP contribution in [0.25, 0.3) is 0 Å². The molecule has 0 aliphatic heterocycles. The fourth-order valence-corrected chi connectivity index (χ4v) is 2.99. The number of carbonyl (C=O) groups excluding carboxylic acids is 2. The Morgan fingerprint density at radius 1 is 0.767 bits per heavy atom. The normalized spacial score (nSPS) is 11.2. The van der Waals surface area contributed by atoms with Crippen molar-refractivity contribution in [1.82, 2.24) is 5.32 Å². The lowest BCUT2D eigenvalue weighted by Gasteiger charge is -2.18. The van der Waals surface area contributed by atoms with E-state index in [4.69, 9.17) is 0 Å². The summed E-state index contributed by atoms with van der Waals surface area (Å²) in [5.41, 5.74) is 2.66. The first-order chi connectivity index (χ1) is 14.3. The molecule has 4 nitrogen and oxygen atoms in total. The van der Waals surface area contributed by atoms with Crippen molar-refractivity contribution in [2.75, 3.05) is 5.32 Å². The summed E-state index contributed by atoms with van der Waals surface area (Å²) in [6.45, 7) is -0.261. The zero-order chi connectivity index (χ0) is 21.6. The lowest BCUT2D eigenvalue weighted by atomic mass is 9.90. The van der Waals surface area contributed by atoms with Gasteiger partial charge in [-0.05, 0) is 28.8 Å². The van der Waals surface area contributed by atoms with Crippen LogP contribution in [0.5, 0.6) is 0 Å². The first-order valence-corrected chi connectivity index (χ1v) is 9.19. The number of nitrogens with one attached hydrogen (secondary N) is 2. The van der Waals surface area contributed by atoms with Crippen molar-refractivity contribution >= 4 is 17.5 Å². The number of anilines is 1. The molecule has 2 N–H and O–H groups in total. The molecule has 0 unspecified atom stereocenters. The van der Waals surface area contributed by atoms with Crippen molar-refractivity contribution < 1.29 is 22.8 Å². The van der Waals surface area contributed by atoms with E-state index >= 15 is 0 Å². The van der Waals surface area contributed by atoms with Gasteiger partial charge in [0.05, 0.1) is 5.92 Å². The largest absolute Gasteiger partial charge is 0.471 e. The van der Waals surface area contributed by atoms with Crippen LogP contribution in [0.2, 0.25) is 0 Å². The van der Waals surface area contributed by atoms with Crippen molar-refractivity contribution in [3.8, 4) is 0 Å². The third-order valence-corrected chi connectivity index (χ3v) is 4.46. The highest BCUT2D eigenvalue weighted by atomic mass is 19.4. The SMILES string of the molecule is O=C(Nc1ccc(CNC(=O)C(F)(F)F)cc1)C(c1ccccc1)c1ccccc1. The zero-order valence-electron chi connectivity index (χ0n) is 15.8. The zero-order valence-corrected chi connectivity index (χ0v) is 15.8. The Balaban J connectivity index is 1.71. The van der Waals surface area contributed by atoms with Gasteiger partial charge in [-0.3, -0.25) is 9.59 Å². The Labute approximate surface area is 171 Å². The minimum absolute atomic E-state index is 0.231. The summed E-state index contributed by atoms with van der Waals surface area (Å²) in [6.07, 6.45) is -4.92. The first-order valence-electron chi connectivity index (χ1n) is 9.19. The number of halogens is 3. The number of benzene rings is 3. The van der Waals surface area contributed by atoms with Gasteiger partial charge in [0.15, 0.2) is 0 Å². The van der Waals surface area contributed by atoms with Crippen molar-refractivity contribution in [3.05, 3.63) is 102 Å². The fraction of sp³-hybridized carbons (Fsp3) is 0.130. The predicted octanol–water partition coefficient (Wildman–Crippen LogP) is 4.64. The van der Waals surface area contributed by atoms with Crippen LogP contribution in [-0.2, 0) is 16.1 Å². The van der Waals surface area contributed by atoms with Gasteiger partial charge < -0.3 is 10.6 Å². The highest BCUT2D eigenvalue weighted by molar-refractivity contribution is 5.98. The number of hydrogen-bond acceptors (Lipinski definition) is 2. The Bertz CT molecular complexity index is 949. The molecule has 0 aliphatic rings. The Morgan fingerprint density at radius 3 is 1.73 bits per heavy atom. The van der Waals surface area contributed by atoms with Crippen LogP contribution >= 0.6 is 0 Å². The second-order valence-corrected chi connectivity index (χ2v) is 6.62. The first kappa shape index (κ1) is 21.1. The molecule has 154 valence electrons. The second-order valence-electron chi connectivity index (χ2n) is 6.62. The van der Waals surface area contributed by atoms with Crippen LogP contribution in [0.1, 0.15) is 22.6 Å². The Hall–Kier alpha value is -3.61. The van der Waals surface area contributed by atoms with E-state index in [0.717, 1.165) is 11.1 Å². The second kappa shape index (κ2) is 9.26. The van der Waals surface area contributed by atoms with Crippen LogP contribution in [-0.4, -0.2) is 18.0 Å². The van der Waals surface area contributed by atoms with E-state index in [1.807, 2.05) is 66.0 Å². The Kier molecular flexibility index (Phi) is 6.51. The van der Waals surface area contributed by atoms with Crippen molar-refractivity contribution in [2.24, 2.45) is 0 Å². The molecule has 0 saturated carbocycles. The third-order valence-electron chi connectivity index (χ3n) is 4.46. The minimum atomic E-state index is -4.92. The van der Waals surface area contributed by atoms with Gasteiger partial charge in [0.1, 0.15) is 0 Å². The molecule has 3 aromatic rings. The smallest absolute Gasteiger partial charge is 0.344 e. The van der Waals surface area contributed by atoms with E-state index in [1.54, 1.807) is 24.3 Å². The maximum absolute atomic E-state index is 13.0. The van der Waals surface area contributed by atoms with Gasteiger partial charge in [0.25, 0.3) is 0 Å². The number of rotatable bonds is 6. The number of amides is 2. The lowest BCUT2D eigenvalue weighted by Crippen LogP contribution is -2.36. The maximum Gasteiger partial charge on any atom is 0.471 e. The number of alkyl halides is 3.